The Morgan fingerprint density at radius 3 is 2.26 bits per heavy atom. The van der Waals surface area contributed by atoms with E-state index in [1.54, 1.807) is 36.4 Å². The van der Waals surface area contributed by atoms with Gasteiger partial charge in [-0.25, -0.2) is 12.8 Å². The number of rotatable bonds is 12. The Hall–Kier alpha value is -3.72. The Bertz CT molecular complexity index is 1380. The zero-order valence-electron chi connectivity index (χ0n) is 22.8. The molecular weight excluding hydrogens is 517 g/mol. The number of nitrogens with zero attached hydrogens (tertiary/aromatic N) is 2. The summed E-state index contributed by atoms with van der Waals surface area (Å²) >= 11 is 0. The van der Waals surface area contributed by atoms with Gasteiger partial charge in [0.2, 0.25) is 21.8 Å². The van der Waals surface area contributed by atoms with Crippen LogP contribution in [0.1, 0.15) is 37.0 Å². The second kappa shape index (κ2) is 13.4. The number of sulfonamides is 1. The second-order valence-corrected chi connectivity index (χ2v) is 11.7. The van der Waals surface area contributed by atoms with Crippen LogP contribution in [0.25, 0.3) is 0 Å². The number of anilines is 1. The molecule has 1 N–H and O–H groups in total. The van der Waals surface area contributed by atoms with Crippen LogP contribution in [0.2, 0.25) is 0 Å². The highest BCUT2D eigenvalue weighted by Gasteiger charge is 2.33. The lowest BCUT2D eigenvalue weighted by atomic mass is 10.0. The maximum absolute atomic E-state index is 14.8. The maximum Gasteiger partial charge on any atom is 0.244 e. The predicted octanol–water partition coefficient (Wildman–Crippen LogP) is 4.45. The van der Waals surface area contributed by atoms with Gasteiger partial charge in [-0.3, -0.25) is 13.9 Å². The van der Waals surface area contributed by atoms with Crippen LogP contribution in [0.4, 0.5) is 10.1 Å². The lowest BCUT2D eigenvalue weighted by Crippen LogP contribution is -2.54. The first-order chi connectivity index (χ1) is 18.5. The minimum Gasteiger partial charge on any atom is -0.352 e. The van der Waals surface area contributed by atoms with E-state index in [1.807, 2.05) is 57.2 Å². The minimum absolute atomic E-state index is 0.152. The number of carbonyl (C=O) groups excluding carboxylic acids is 2. The Morgan fingerprint density at radius 1 is 0.974 bits per heavy atom. The van der Waals surface area contributed by atoms with Crippen LogP contribution in [-0.4, -0.2) is 50.0 Å². The number of hydrogen-bond acceptors (Lipinski definition) is 4. The molecule has 3 rings (SSSR count). The molecule has 7 nitrogen and oxygen atoms in total. The predicted molar refractivity (Wildman–Crippen MR) is 152 cm³/mol. The van der Waals surface area contributed by atoms with Crippen molar-refractivity contribution in [3.63, 3.8) is 0 Å². The van der Waals surface area contributed by atoms with Gasteiger partial charge < -0.3 is 10.2 Å². The van der Waals surface area contributed by atoms with E-state index in [0.717, 1.165) is 21.7 Å². The summed E-state index contributed by atoms with van der Waals surface area (Å²) in [5, 5.41) is 2.95. The lowest BCUT2D eigenvalue weighted by molar-refractivity contribution is -0.140. The van der Waals surface area contributed by atoms with E-state index < -0.39 is 34.3 Å². The highest BCUT2D eigenvalue weighted by molar-refractivity contribution is 7.92. The van der Waals surface area contributed by atoms with Crippen molar-refractivity contribution < 1.29 is 22.4 Å². The van der Waals surface area contributed by atoms with Gasteiger partial charge >= 0.3 is 0 Å². The SMILES string of the molecule is CC[C@@H](C)NC(=O)[C@H](Cc1ccccc1)N(Cc1ccccc1F)C(=O)CN(c1cccc(C)c1)S(C)(=O)=O. The number of carbonyl (C=O) groups is 2. The lowest BCUT2D eigenvalue weighted by Gasteiger charge is -2.34. The molecule has 3 aromatic carbocycles. The monoisotopic (exact) mass is 553 g/mol. The zero-order chi connectivity index (χ0) is 28.6. The fourth-order valence-electron chi connectivity index (χ4n) is 4.20. The van der Waals surface area contributed by atoms with Gasteiger partial charge in [-0.2, -0.15) is 0 Å². The summed E-state index contributed by atoms with van der Waals surface area (Å²) in [6, 6.07) is 20.9. The molecule has 0 spiro atoms. The molecule has 0 saturated carbocycles. The van der Waals surface area contributed by atoms with Crippen molar-refractivity contribution in [3.8, 4) is 0 Å². The van der Waals surface area contributed by atoms with Crippen molar-refractivity contribution in [2.45, 2.75) is 52.2 Å². The van der Waals surface area contributed by atoms with E-state index in [2.05, 4.69) is 5.32 Å². The molecule has 0 radical (unpaired) electrons. The zero-order valence-corrected chi connectivity index (χ0v) is 23.6. The first kappa shape index (κ1) is 29.8. The van der Waals surface area contributed by atoms with E-state index in [0.29, 0.717) is 12.1 Å². The van der Waals surface area contributed by atoms with Gasteiger partial charge in [0.25, 0.3) is 0 Å². The molecule has 0 aliphatic carbocycles. The van der Waals surface area contributed by atoms with E-state index in [1.165, 1.54) is 11.0 Å². The molecule has 208 valence electrons. The summed E-state index contributed by atoms with van der Waals surface area (Å²) in [6.45, 7) is 4.88. The molecule has 0 unspecified atom stereocenters. The Labute approximate surface area is 230 Å². The quantitative estimate of drug-likeness (QED) is 0.359. The molecule has 3 aromatic rings. The van der Waals surface area contributed by atoms with Gasteiger partial charge in [0.05, 0.1) is 11.9 Å². The van der Waals surface area contributed by atoms with Crippen LogP contribution >= 0.6 is 0 Å². The number of aryl methyl sites for hydroxylation is 1. The molecule has 0 aromatic heterocycles. The average molecular weight is 554 g/mol. The van der Waals surface area contributed by atoms with Crippen molar-refractivity contribution in [2.75, 3.05) is 17.1 Å². The van der Waals surface area contributed by atoms with E-state index in [4.69, 9.17) is 0 Å². The Kier molecular flexibility index (Phi) is 10.2. The summed E-state index contributed by atoms with van der Waals surface area (Å²) < 4.78 is 41.4. The first-order valence-corrected chi connectivity index (χ1v) is 14.8. The van der Waals surface area contributed by atoms with Gasteiger partial charge in [0.1, 0.15) is 18.4 Å². The summed E-state index contributed by atoms with van der Waals surface area (Å²) in [4.78, 5) is 28.9. The van der Waals surface area contributed by atoms with E-state index >= 15 is 0 Å². The molecule has 2 atom stereocenters. The third-order valence-electron chi connectivity index (χ3n) is 6.54. The van der Waals surface area contributed by atoms with Crippen LogP contribution in [-0.2, 0) is 32.6 Å². The van der Waals surface area contributed by atoms with Crippen molar-refractivity contribution in [1.82, 2.24) is 10.2 Å². The van der Waals surface area contributed by atoms with Gasteiger partial charge in [-0.15, -0.1) is 0 Å². The molecule has 0 bridgehead atoms. The van der Waals surface area contributed by atoms with Crippen LogP contribution in [0, 0.1) is 12.7 Å². The van der Waals surface area contributed by atoms with Crippen LogP contribution < -0.4 is 9.62 Å². The number of nitrogens with one attached hydrogen (secondary N) is 1. The third kappa shape index (κ3) is 8.38. The standard InChI is InChI=1S/C30H36FN3O4S/c1-5-23(3)32-30(36)28(19-24-13-7-6-8-14-24)33(20-25-15-9-10-17-27(25)31)29(35)21-34(39(4,37)38)26-16-11-12-22(2)18-26/h6-18,23,28H,5,19-21H2,1-4H3,(H,32,36)/t23-,28+/m1/s1. The highest BCUT2D eigenvalue weighted by atomic mass is 32.2. The molecule has 0 aliphatic heterocycles. The van der Waals surface area contributed by atoms with Crippen LogP contribution in [0.3, 0.4) is 0 Å². The summed E-state index contributed by atoms with van der Waals surface area (Å²) in [5.74, 6) is -1.53. The Balaban J connectivity index is 2.07. The van der Waals surface area contributed by atoms with E-state index in [9.17, 15) is 22.4 Å². The van der Waals surface area contributed by atoms with Crippen LogP contribution in [0.5, 0.6) is 0 Å². The molecule has 9 heteroatoms. The molecular formula is C30H36FN3O4S. The average Bonchev–Trinajstić information content (AvgIpc) is 2.89. The van der Waals surface area contributed by atoms with Gasteiger partial charge in [0.15, 0.2) is 0 Å². The largest absolute Gasteiger partial charge is 0.352 e. The highest BCUT2D eigenvalue weighted by Crippen LogP contribution is 2.22. The summed E-state index contributed by atoms with van der Waals surface area (Å²) in [5.41, 5.74) is 2.19. The molecule has 0 fully saturated rings. The summed E-state index contributed by atoms with van der Waals surface area (Å²) in [6.07, 6.45) is 1.88. The number of benzene rings is 3. The Morgan fingerprint density at radius 2 is 1.64 bits per heavy atom. The number of amides is 2. The molecule has 0 aliphatic rings. The van der Waals surface area contributed by atoms with Crippen molar-refractivity contribution >= 4 is 27.5 Å². The van der Waals surface area contributed by atoms with Crippen molar-refractivity contribution in [1.29, 1.82) is 0 Å². The molecule has 2 amide bonds. The first-order valence-electron chi connectivity index (χ1n) is 12.9. The summed E-state index contributed by atoms with van der Waals surface area (Å²) in [7, 11) is -3.86. The van der Waals surface area contributed by atoms with Crippen LogP contribution in [0.15, 0.2) is 78.9 Å². The molecule has 0 saturated heterocycles. The van der Waals surface area contributed by atoms with Crippen molar-refractivity contribution in [2.24, 2.45) is 0 Å². The minimum atomic E-state index is -3.86. The third-order valence-corrected chi connectivity index (χ3v) is 7.68. The molecule has 39 heavy (non-hydrogen) atoms. The van der Waals surface area contributed by atoms with E-state index in [-0.39, 0.29) is 30.5 Å². The van der Waals surface area contributed by atoms with Gasteiger partial charge in [0, 0.05) is 24.6 Å². The number of halogens is 1. The molecule has 0 heterocycles. The van der Waals surface area contributed by atoms with Gasteiger partial charge in [-0.1, -0.05) is 67.6 Å². The number of hydrogen-bond donors (Lipinski definition) is 1. The van der Waals surface area contributed by atoms with Crippen molar-refractivity contribution in [3.05, 3.63) is 101 Å². The maximum atomic E-state index is 14.8. The van der Waals surface area contributed by atoms with Gasteiger partial charge in [-0.05, 0) is 49.6 Å². The fourth-order valence-corrected chi connectivity index (χ4v) is 5.04. The topological polar surface area (TPSA) is 86.8 Å². The fraction of sp³-hybridized carbons (Fsp3) is 0.333. The second-order valence-electron chi connectivity index (χ2n) is 9.75. The smallest absolute Gasteiger partial charge is 0.244 e. The normalized spacial score (nSPS) is 12.8.